The fourth-order valence-electron chi connectivity index (χ4n) is 2.54. The molecule has 0 spiro atoms. The summed E-state index contributed by atoms with van der Waals surface area (Å²) in [6.45, 7) is 1.66. The number of hydrogen-bond donors (Lipinski definition) is 1. The minimum Gasteiger partial charge on any atom is -0.454 e. The van der Waals surface area contributed by atoms with E-state index in [0.29, 0.717) is 19.5 Å². The van der Waals surface area contributed by atoms with Gasteiger partial charge >= 0.3 is 0 Å². The van der Waals surface area contributed by atoms with Crippen LogP contribution >= 0.6 is 0 Å². The summed E-state index contributed by atoms with van der Waals surface area (Å²) < 4.78 is 10.6. The molecule has 2 aliphatic heterocycles. The molecule has 0 saturated carbocycles. The van der Waals surface area contributed by atoms with Gasteiger partial charge in [-0.1, -0.05) is 6.07 Å². The van der Waals surface area contributed by atoms with Crippen LogP contribution in [0.15, 0.2) is 18.2 Å². The number of rotatable bonds is 5. The van der Waals surface area contributed by atoms with E-state index >= 15 is 0 Å². The second-order valence-electron chi connectivity index (χ2n) is 5.21. The Hall–Kier alpha value is -2.24. The van der Waals surface area contributed by atoms with Crippen molar-refractivity contribution in [3.63, 3.8) is 0 Å². The largest absolute Gasteiger partial charge is 0.454 e. The average molecular weight is 290 g/mol. The molecule has 0 aliphatic carbocycles. The van der Waals surface area contributed by atoms with Crippen molar-refractivity contribution >= 4 is 11.8 Å². The third-order valence-electron chi connectivity index (χ3n) is 3.68. The summed E-state index contributed by atoms with van der Waals surface area (Å²) in [7, 11) is 0. The van der Waals surface area contributed by atoms with Gasteiger partial charge in [0.2, 0.25) is 18.6 Å². The van der Waals surface area contributed by atoms with Gasteiger partial charge < -0.3 is 19.7 Å². The number of benzene rings is 1. The highest BCUT2D eigenvalue weighted by atomic mass is 16.7. The van der Waals surface area contributed by atoms with Gasteiger partial charge in [0.1, 0.15) is 0 Å². The molecule has 1 aromatic carbocycles. The molecule has 1 N–H and O–H groups in total. The van der Waals surface area contributed by atoms with Crippen LogP contribution in [0.25, 0.3) is 0 Å². The van der Waals surface area contributed by atoms with Crippen LogP contribution < -0.4 is 14.8 Å². The topological polar surface area (TPSA) is 67.9 Å². The van der Waals surface area contributed by atoms with Gasteiger partial charge in [-0.3, -0.25) is 9.59 Å². The lowest BCUT2D eigenvalue weighted by atomic mass is 10.1. The molecule has 2 amide bonds. The van der Waals surface area contributed by atoms with Gasteiger partial charge in [-0.2, -0.15) is 0 Å². The van der Waals surface area contributed by atoms with E-state index in [2.05, 4.69) is 5.32 Å². The summed E-state index contributed by atoms with van der Waals surface area (Å²) in [4.78, 5) is 24.8. The van der Waals surface area contributed by atoms with Crippen molar-refractivity contribution in [2.75, 3.05) is 26.4 Å². The molecule has 1 saturated heterocycles. The molecule has 6 nitrogen and oxygen atoms in total. The Bertz CT molecular complexity index is 559. The fraction of sp³-hybridized carbons (Fsp3) is 0.467. The van der Waals surface area contributed by atoms with Gasteiger partial charge in [-0.05, 0) is 30.5 Å². The van der Waals surface area contributed by atoms with Crippen LogP contribution in [0.2, 0.25) is 0 Å². The Labute approximate surface area is 123 Å². The number of likely N-dealkylation sites (tertiary alicyclic amines) is 1. The van der Waals surface area contributed by atoms with Gasteiger partial charge in [0.25, 0.3) is 0 Å². The first-order valence-electron chi connectivity index (χ1n) is 7.15. The quantitative estimate of drug-likeness (QED) is 0.866. The number of nitrogens with one attached hydrogen (secondary N) is 1. The van der Waals surface area contributed by atoms with Crippen molar-refractivity contribution < 1.29 is 19.1 Å². The molecule has 3 rings (SSSR count). The number of amides is 2. The predicted octanol–water partition coefficient (Wildman–Crippen LogP) is 0.696. The second kappa shape index (κ2) is 6.03. The van der Waals surface area contributed by atoms with Crippen molar-refractivity contribution in [3.8, 4) is 11.5 Å². The summed E-state index contributed by atoms with van der Waals surface area (Å²) in [5, 5.41) is 2.84. The van der Waals surface area contributed by atoms with E-state index in [1.165, 1.54) is 0 Å². The zero-order valence-electron chi connectivity index (χ0n) is 11.8. The maximum absolute atomic E-state index is 11.8. The number of carbonyl (C=O) groups is 2. The van der Waals surface area contributed by atoms with Crippen LogP contribution in [0.3, 0.4) is 0 Å². The first-order valence-corrected chi connectivity index (χ1v) is 7.15. The van der Waals surface area contributed by atoms with Crippen molar-refractivity contribution in [3.05, 3.63) is 23.8 Å². The third kappa shape index (κ3) is 3.26. The van der Waals surface area contributed by atoms with E-state index in [9.17, 15) is 9.59 Å². The minimum atomic E-state index is -0.106. The van der Waals surface area contributed by atoms with E-state index in [0.717, 1.165) is 29.9 Å². The molecule has 112 valence electrons. The molecule has 1 aromatic rings. The zero-order valence-corrected chi connectivity index (χ0v) is 11.8. The van der Waals surface area contributed by atoms with Crippen molar-refractivity contribution in [1.82, 2.24) is 10.2 Å². The van der Waals surface area contributed by atoms with Gasteiger partial charge in [-0.25, -0.2) is 0 Å². The predicted molar refractivity (Wildman–Crippen MR) is 75.1 cm³/mol. The number of carbonyl (C=O) groups excluding carboxylic acids is 2. The summed E-state index contributed by atoms with van der Waals surface area (Å²) >= 11 is 0. The monoisotopic (exact) mass is 290 g/mol. The highest BCUT2D eigenvalue weighted by Crippen LogP contribution is 2.32. The van der Waals surface area contributed by atoms with Crippen LogP contribution in [0.1, 0.15) is 18.4 Å². The first kappa shape index (κ1) is 13.7. The Balaban J connectivity index is 1.43. The van der Waals surface area contributed by atoms with Crippen LogP contribution in [-0.4, -0.2) is 43.1 Å². The summed E-state index contributed by atoms with van der Waals surface area (Å²) in [6.07, 6.45) is 2.13. The minimum absolute atomic E-state index is 0.0703. The van der Waals surface area contributed by atoms with Gasteiger partial charge in [-0.15, -0.1) is 0 Å². The molecular formula is C15H18N2O4. The van der Waals surface area contributed by atoms with E-state index in [4.69, 9.17) is 9.47 Å². The normalized spacial score (nSPS) is 16.4. The first-order chi connectivity index (χ1) is 10.2. The molecule has 0 bridgehead atoms. The summed E-state index contributed by atoms with van der Waals surface area (Å²) in [5.74, 6) is 1.48. The van der Waals surface area contributed by atoms with Crippen LogP contribution in [-0.2, 0) is 16.0 Å². The van der Waals surface area contributed by atoms with E-state index in [-0.39, 0.29) is 25.2 Å². The molecular weight excluding hydrogens is 272 g/mol. The van der Waals surface area contributed by atoms with Crippen LogP contribution in [0, 0.1) is 0 Å². The maximum atomic E-state index is 11.8. The number of nitrogens with zero attached hydrogens (tertiary/aromatic N) is 1. The zero-order chi connectivity index (χ0) is 14.7. The van der Waals surface area contributed by atoms with Crippen molar-refractivity contribution in [2.45, 2.75) is 19.3 Å². The molecule has 21 heavy (non-hydrogen) atoms. The Morgan fingerprint density at radius 3 is 2.95 bits per heavy atom. The number of fused-ring (bicyclic) bond motifs is 1. The standard InChI is InChI=1S/C15H18N2O4/c18-14(9-17-7-1-2-15(17)19)16-6-5-11-3-4-12-13(8-11)21-10-20-12/h3-4,8H,1-2,5-7,9-10H2,(H,16,18). The summed E-state index contributed by atoms with van der Waals surface area (Å²) in [5.41, 5.74) is 1.08. The second-order valence-corrected chi connectivity index (χ2v) is 5.21. The molecule has 0 unspecified atom stereocenters. The molecule has 2 heterocycles. The van der Waals surface area contributed by atoms with Gasteiger partial charge in [0.05, 0.1) is 6.54 Å². The molecule has 1 fully saturated rings. The molecule has 0 aromatic heterocycles. The maximum Gasteiger partial charge on any atom is 0.239 e. The van der Waals surface area contributed by atoms with E-state index < -0.39 is 0 Å². The Morgan fingerprint density at radius 2 is 2.14 bits per heavy atom. The lowest BCUT2D eigenvalue weighted by Gasteiger charge is -2.14. The fourth-order valence-corrected chi connectivity index (χ4v) is 2.54. The van der Waals surface area contributed by atoms with Crippen molar-refractivity contribution in [1.29, 1.82) is 0 Å². The molecule has 0 radical (unpaired) electrons. The van der Waals surface area contributed by atoms with Gasteiger partial charge in [0, 0.05) is 19.5 Å². The third-order valence-corrected chi connectivity index (χ3v) is 3.68. The lowest BCUT2D eigenvalue weighted by molar-refractivity contribution is -0.133. The van der Waals surface area contributed by atoms with Crippen LogP contribution in [0.5, 0.6) is 11.5 Å². The summed E-state index contributed by atoms with van der Waals surface area (Å²) in [6, 6.07) is 5.77. The number of hydrogen-bond acceptors (Lipinski definition) is 4. The Kier molecular flexibility index (Phi) is 3.94. The van der Waals surface area contributed by atoms with E-state index in [1.54, 1.807) is 4.90 Å². The highest BCUT2D eigenvalue weighted by Gasteiger charge is 2.22. The highest BCUT2D eigenvalue weighted by molar-refractivity contribution is 5.85. The van der Waals surface area contributed by atoms with Crippen LogP contribution in [0.4, 0.5) is 0 Å². The van der Waals surface area contributed by atoms with Crippen molar-refractivity contribution in [2.24, 2.45) is 0 Å². The lowest BCUT2D eigenvalue weighted by Crippen LogP contribution is -2.38. The Morgan fingerprint density at radius 1 is 1.29 bits per heavy atom. The smallest absolute Gasteiger partial charge is 0.239 e. The van der Waals surface area contributed by atoms with Gasteiger partial charge in [0.15, 0.2) is 11.5 Å². The number of ether oxygens (including phenoxy) is 2. The van der Waals surface area contributed by atoms with E-state index in [1.807, 2.05) is 18.2 Å². The molecule has 2 aliphatic rings. The molecule has 6 heteroatoms. The average Bonchev–Trinajstić information content (AvgIpc) is 3.08. The SMILES string of the molecule is O=C(CN1CCCC1=O)NCCc1ccc2c(c1)OCO2. The molecule has 0 atom stereocenters.